The molecule has 0 aliphatic carbocycles. The minimum absolute atomic E-state index is 0.274. The highest BCUT2D eigenvalue weighted by Crippen LogP contribution is 2.28. The van der Waals surface area contributed by atoms with Gasteiger partial charge in [-0.05, 0) is 29.7 Å². The molecule has 1 atom stereocenters. The molecule has 3 rings (SSSR count). The number of unbranched alkanes of at least 4 members (excludes halogenated alkanes) is 3. The summed E-state index contributed by atoms with van der Waals surface area (Å²) in [6.07, 6.45) is 4.71. The van der Waals surface area contributed by atoms with Crippen molar-refractivity contribution >= 4 is 40.8 Å². The SMILES string of the molecule is CCCCCC[C@@H](Sc1nc(Cl)cc(Nc2ccc(-c3ccccc3)cc2)n1)C(=O)O. The minimum Gasteiger partial charge on any atom is -0.480 e. The van der Waals surface area contributed by atoms with Crippen LogP contribution in [0.25, 0.3) is 11.1 Å². The number of carboxylic acids is 1. The summed E-state index contributed by atoms with van der Waals surface area (Å²) in [6.45, 7) is 2.13. The maximum atomic E-state index is 11.7. The summed E-state index contributed by atoms with van der Waals surface area (Å²) in [5, 5.41) is 12.8. The number of aromatic nitrogens is 2. The average molecular weight is 456 g/mol. The van der Waals surface area contributed by atoms with Crippen LogP contribution in [0.4, 0.5) is 11.5 Å². The molecule has 0 amide bonds. The Morgan fingerprint density at radius 2 is 1.74 bits per heavy atom. The fraction of sp³-hybridized carbons (Fsp3) is 0.292. The van der Waals surface area contributed by atoms with Gasteiger partial charge in [0.15, 0.2) is 5.16 Å². The first-order valence-corrected chi connectivity index (χ1v) is 11.7. The molecule has 7 heteroatoms. The molecule has 0 radical (unpaired) electrons. The van der Waals surface area contributed by atoms with Gasteiger partial charge in [0.05, 0.1) is 0 Å². The number of nitrogens with zero attached hydrogens (tertiary/aromatic N) is 2. The van der Waals surface area contributed by atoms with E-state index in [2.05, 4.69) is 34.3 Å². The molecule has 0 saturated heterocycles. The van der Waals surface area contributed by atoms with Gasteiger partial charge < -0.3 is 10.4 Å². The fourth-order valence-electron chi connectivity index (χ4n) is 3.15. The summed E-state index contributed by atoms with van der Waals surface area (Å²) < 4.78 is 0. The van der Waals surface area contributed by atoms with Gasteiger partial charge in [0.25, 0.3) is 0 Å². The molecule has 0 spiro atoms. The van der Waals surface area contributed by atoms with Crippen molar-refractivity contribution in [1.29, 1.82) is 0 Å². The third-order valence-electron chi connectivity index (χ3n) is 4.78. The first-order chi connectivity index (χ1) is 15.0. The van der Waals surface area contributed by atoms with Crippen LogP contribution >= 0.6 is 23.4 Å². The van der Waals surface area contributed by atoms with E-state index in [1.807, 2.05) is 42.5 Å². The number of thioether (sulfide) groups is 1. The lowest BCUT2D eigenvalue weighted by atomic mass is 10.1. The molecular formula is C24H26ClN3O2S. The normalized spacial score (nSPS) is 11.8. The maximum Gasteiger partial charge on any atom is 0.317 e. The van der Waals surface area contributed by atoms with Crippen molar-refractivity contribution in [3.05, 3.63) is 65.8 Å². The van der Waals surface area contributed by atoms with E-state index in [-0.39, 0.29) is 5.15 Å². The van der Waals surface area contributed by atoms with Gasteiger partial charge in [0, 0.05) is 11.8 Å². The van der Waals surface area contributed by atoms with Crippen LogP contribution in [0.1, 0.15) is 39.0 Å². The standard InChI is InChI=1S/C24H26ClN3O2S/c1-2-3-4-8-11-20(23(29)30)31-24-27-21(25)16-22(28-24)26-19-14-12-18(13-15-19)17-9-6-5-7-10-17/h5-7,9-10,12-16,20H,2-4,8,11H2,1H3,(H,29,30)(H,26,27,28)/t20-/m1/s1. The van der Waals surface area contributed by atoms with Crippen molar-refractivity contribution in [2.24, 2.45) is 0 Å². The third-order valence-corrected chi connectivity index (χ3v) is 6.09. The zero-order valence-corrected chi connectivity index (χ0v) is 19.0. The highest BCUT2D eigenvalue weighted by atomic mass is 35.5. The van der Waals surface area contributed by atoms with Crippen LogP contribution in [0.3, 0.4) is 0 Å². The van der Waals surface area contributed by atoms with Crippen LogP contribution in [0.2, 0.25) is 5.15 Å². The van der Waals surface area contributed by atoms with Crippen molar-refractivity contribution < 1.29 is 9.90 Å². The number of anilines is 2. The van der Waals surface area contributed by atoms with E-state index in [1.54, 1.807) is 6.07 Å². The van der Waals surface area contributed by atoms with Gasteiger partial charge in [-0.25, -0.2) is 9.97 Å². The topological polar surface area (TPSA) is 75.1 Å². The number of nitrogens with one attached hydrogen (secondary N) is 1. The Hall–Kier alpha value is -2.57. The van der Waals surface area contributed by atoms with Crippen LogP contribution < -0.4 is 5.32 Å². The van der Waals surface area contributed by atoms with Crippen molar-refractivity contribution in [2.75, 3.05) is 5.32 Å². The zero-order chi connectivity index (χ0) is 22.1. The molecule has 2 N–H and O–H groups in total. The molecule has 0 saturated carbocycles. The summed E-state index contributed by atoms with van der Waals surface area (Å²) in [5.74, 6) is -0.318. The van der Waals surface area contributed by atoms with Crippen molar-refractivity contribution in [3.63, 3.8) is 0 Å². The van der Waals surface area contributed by atoms with E-state index in [0.29, 0.717) is 17.4 Å². The predicted molar refractivity (Wildman–Crippen MR) is 128 cm³/mol. The molecule has 3 aromatic rings. The maximum absolute atomic E-state index is 11.7. The highest BCUT2D eigenvalue weighted by molar-refractivity contribution is 8.00. The predicted octanol–water partition coefficient (Wildman–Crippen LogP) is 7.06. The second kappa shape index (κ2) is 11.7. The summed E-state index contributed by atoms with van der Waals surface area (Å²) in [6, 6.07) is 19.8. The Kier molecular flexibility index (Phi) is 8.74. The molecule has 0 fully saturated rings. The molecule has 1 heterocycles. The number of halogens is 1. The van der Waals surface area contributed by atoms with Gasteiger partial charge in [-0.3, -0.25) is 4.79 Å². The van der Waals surface area contributed by atoms with Crippen molar-refractivity contribution in [3.8, 4) is 11.1 Å². The average Bonchev–Trinajstić information content (AvgIpc) is 2.76. The number of carboxylic acid groups (broad SMARTS) is 1. The number of carbonyl (C=O) groups is 1. The summed E-state index contributed by atoms with van der Waals surface area (Å²) >= 11 is 7.33. The van der Waals surface area contributed by atoms with Gasteiger partial charge in [-0.2, -0.15) is 0 Å². The molecule has 2 aromatic carbocycles. The molecule has 5 nitrogen and oxygen atoms in total. The fourth-order valence-corrected chi connectivity index (χ4v) is 4.33. The van der Waals surface area contributed by atoms with E-state index in [0.717, 1.165) is 54.3 Å². The van der Waals surface area contributed by atoms with Gasteiger partial charge in [-0.15, -0.1) is 0 Å². The van der Waals surface area contributed by atoms with E-state index in [1.165, 1.54) is 0 Å². The van der Waals surface area contributed by atoms with Gasteiger partial charge in [0.2, 0.25) is 0 Å². The molecule has 1 aromatic heterocycles. The van der Waals surface area contributed by atoms with Gasteiger partial charge in [0.1, 0.15) is 16.2 Å². The second-order valence-corrected chi connectivity index (χ2v) is 8.78. The van der Waals surface area contributed by atoms with Crippen LogP contribution in [-0.4, -0.2) is 26.3 Å². The molecule has 0 aliphatic heterocycles. The van der Waals surface area contributed by atoms with E-state index < -0.39 is 11.2 Å². The van der Waals surface area contributed by atoms with Crippen LogP contribution in [0.15, 0.2) is 65.8 Å². The van der Waals surface area contributed by atoms with Crippen LogP contribution in [0, 0.1) is 0 Å². The van der Waals surface area contributed by atoms with Crippen LogP contribution in [-0.2, 0) is 4.79 Å². The van der Waals surface area contributed by atoms with E-state index in [4.69, 9.17) is 11.6 Å². The Morgan fingerprint density at radius 3 is 2.42 bits per heavy atom. The Labute approximate surface area is 192 Å². The zero-order valence-electron chi connectivity index (χ0n) is 17.4. The Balaban J connectivity index is 1.68. The number of benzene rings is 2. The molecule has 162 valence electrons. The molecule has 0 bridgehead atoms. The largest absolute Gasteiger partial charge is 0.480 e. The lowest BCUT2D eigenvalue weighted by Crippen LogP contribution is -2.17. The van der Waals surface area contributed by atoms with E-state index >= 15 is 0 Å². The Bertz CT molecular complexity index is 984. The highest BCUT2D eigenvalue weighted by Gasteiger charge is 2.20. The molecular weight excluding hydrogens is 430 g/mol. The van der Waals surface area contributed by atoms with Gasteiger partial charge in [-0.1, -0.05) is 98.4 Å². The van der Waals surface area contributed by atoms with Crippen molar-refractivity contribution in [2.45, 2.75) is 49.4 Å². The summed E-state index contributed by atoms with van der Waals surface area (Å²) in [4.78, 5) is 20.3. The van der Waals surface area contributed by atoms with Gasteiger partial charge >= 0.3 is 5.97 Å². The smallest absolute Gasteiger partial charge is 0.317 e. The number of aliphatic carboxylic acids is 1. The quantitative estimate of drug-likeness (QED) is 0.139. The lowest BCUT2D eigenvalue weighted by molar-refractivity contribution is -0.136. The molecule has 0 aliphatic rings. The monoisotopic (exact) mass is 455 g/mol. The summed E-state index contributed by atoms with van der Waals surface area (Å²) in [7, 11) is 0. The second-order valence-electron chi connectivity index (χ2n) is 7.22. The molecule has 31 heavy (non-hydrogen) atoms. The first-order valence-electron chi connectivity index (χ1n) is 10.4. The molecule has 0 unspecified atom stereocenters. The third kappa shape index (κ3) is 7.26. The minimum atomic E-state index is -0.851. The van der Waals surface area contributed by atoms with Crippen molar-refractivity contribution in [1.82, 2.24) is 9.97 Å². The Morgan fingerprint density at radius 1 is 1.03 bits per heavy atom. The number of hydrogen-bond acceptors (Lipinski definition) is 5. The number of hydrogen-bond donors (Lipinski definition) is 2. The summed E-state index contributed by atoms with van der Waals surface area (Å²) in [5.41, 5.74) is 3.13. The lowest BCUT2D eigenvalue weighted by Gasteiger charge is -2.12. The first kappa shape index (κ1) is 23.1. The number of rotatable bonds is 11. The van der Waals surface area contributed by atoms with E-state index in [9.17, 15) is 9.90 Å². The van der Waals surface area contributed by atoms with Crippen LogP contribution in [0.5, 0.6) is 0 Å².